The van der Waals surface area contributed by atoms with Gasteiger partial charge >= 0.3 is 0 Å². The molecule has 0 unspecified atom stereocenters. The summed E-state index contributed by atoms with van der Waals surface area (Å²) >= 11 is 1.88. The Labute approximate surface area is 214 Å². The van der Waals surface area contributed by atoms with Gasteiger partial charge in [-0.1, -0.05) is 103 Å². The van der Waals surface area contributed by atoms with Crippen molar-refractivity contribution < 1.29 is 0 Å². The number of thiophene rings is 1. The Hall–Kier alpha value is -4.20. The number of allylic oxidation sites excluding steroid dienone is 1. The summed E-state index contributed by atoms with van der Waals surface area (Å²) < 4.78 is 2.71. The summed E-state index contributed by atoms with van der Waals surface area (Å²) in [5, 5.41) is 7.81. The van der Waals surface area contributed by atoms with Crippen LogP contribution in [0, 0.1) is 0 Å². The van der Waals surface area contributed by atoms with Gasteiger partial charge in [0.2, 0.25) is 0 Å². The molecule has 0 N–H and O–H groups in total. The largest absolute Gasteiger partial charge is 0.135 e. The first-order valence-electron chi connectivity index (χ1n) is 12.4. The zero-order valence-corrected chi connectivity index (χ0v) is 20.6. The zero-order valence-electron chi connectivity index (χ0n) is 19.8. The number of benzene rings is 6. The van der Waals surface area contributed by atoms with Crippen LogP contribution in [0.4, 0.5) is 0 Å². The molecule has 1 heteroatoms. The van der Waals surface area contributed by atoms with Gasteiger partial charge in [-0.15, -0.1) is 11.3 Å². The van der Waals surface area contributed by atoms with E-state index in [1.54, 1.807) is 0 Å². The molecule has 0 amide bonds. The van der Waals surface area contributed by atoms with Crippen molar-refractivity contribution in [1.82, 2.24) is 0 Å². The van der Waals surface area contributed by atoms with Crippen molar-refractivity contribution in [1.29, 1.82) is 0 Å². The molecular formula is C35H24S. The third-order valence-electron chi connectivity index (χ3n) is 7.07. The molecule has 7 aromatic rings. The third-order valence-corrected chi connectivity index (χ3v) is 8.22. The Morgan fingerprint density at radius 2 is 1.19 bits per heavy atom. The van der Waals surface area contributed by atoms with Crippen LogP contribution in [0.15, 0.2) is 127 Å². The molecule has 0 atom stereocenters. The molecular weight excluding hydrogens is 452 g/mol. The zero-order chi connectivity index (χ0) is 23.9. The third kappa shape index (κ3) is 3.88. The summed E-state index contributed by atoms with van der Waals surface area (Å²) in [6.07, 6.45) is 3.25. The maximum absolute atomic E-state index is 2.39. The fourth-order valence-electron chi connectivity index (χ4n) is 5.23. The average Bonchev–Trinajstić information content (AvgIpc) is 3.30. The molecule has 0 nitrogen and oxygen atoms in total. The van der Waals surface area contributed by atoms with E-state index < -0.39 is 0 Å². The summed E-state index contributed by atoms with van der Waals surface area (Å²) in [6.45, 7) is 0. The van der Waals surface area contributed by atoms with E-state index in [2.05, 4.69) is 133 Å². The molecule has 0 bridgehead atoms. The Morgan fingerprint density at radius 1 is 0.528 bits per heavy atom. The highest BCUT2D eigenvalue weighted by atomic mass is 32.1. The van der Waals surface area contributed by atoms with Crippen LogP contribution >= 0.6 is 11.3 Å². The standard InChI is InChI=1S/C35H24S/c1-3-9-28-19-24(13-15-26(28)7-1)20-31(30-17-16-27-8-2-4-10-29(27)23-30)21-25-14-18-35-33(22-25)32-11-5-6-12-34(32)36-35/h1-20,22-23H,21H2/b31-20-. The SMILES string of the molecule is C(=C(\Cc1ccc2sc3ccccc3c2c1)c1ccc2ccccc2c1)/c1ccc2ccccc2c1. The maximum atomic E-state index is 2.39. The van der Waals surface area contributed by atoms with Crippen LogP contribution in [-0.2, 0) is 6.42 Å². The molecule has 170 valence electrons. The van der Waals surface area contributed by atoms with E-state index in [9.17, 15) is 0 Å². The van der Waals surface area contributed by atoms with E-state index in [-0.39, 0.29) is 0 Å². The summed E-state index contributed by atoms with van der Waals surface area (Å²) in [7, 11) is 0. The number of rotatable bonds is 4. The monoisotopic (exact) mass is 476 g/mol. The first-order valence-corrected chi connectivity index (χ1v) is 13.2. The van der Waals surface area contributed by atoms with Crippen molar-refractivity contribution in [3.63, 3.8) is 0 Å². The van der Waals surface area contributed by atoms with Crippen LogP contribution in [-0.4, -0.2) is 0 Å². The Kier molecular flexibility index (Phi) is 5.15. The van der Waals surface area contributed by atoms with Gasteiger partial charge in [-0.2, -0.15) is 0 Å². The van der Waals surface area contributed by atoms with Crippen LogP contribution in [0.5, 0.6) is 0 Å². The second-order valence-electron chi connectivity index (χ2n) is 9.44. The molecule has 0 aliphatic carbocycles. The normalized spacial score (nSPS) is 12.2. The van der Waals surface area contributed by atoms with Crippen molar-refractivity contribution in [2.24, 2.45) is 0 Å². The minimum atomic E-state index is 0.880. The summed E-state index contributed by atoms with van der Waals surface area (Å²) in [5.41, 5.74) is 5.18. The summed E-state index contributed by atoms with van der Waals surface area (Å²) in [4.78, 5) is 0. The molecule has 0 aliphatic heterocycles. The number of hydrogen-bond acceptors (Lipinski definition) is 1. The Morgan fingerprint density at radius 3 is 2.03 bits per heavy atom. The number of fused-ring (bicyclic) bond motifs is 5. The van der Waals surface area contributed by atoms with E-state index in [0.29, 0.717) is 0 Å². The lowest BCUT2D eigenvalue weighted by atomic mass is 9.93. The highest BCUT2D eigenvalue weighted by Crippen LogP contribution is 2.35. The minimum absolute atomic E-state index is 0.880. The fourth-order valence-corrected chi connectivity index (χ4v) is 6.31. The Bertz CT molecular complexity index is 1920. The van der Waals surface area contributed by atoms with Gasteiger partial charge in [-0.05, 0) is 80.6 Å². The second-order valence-corrected chi connectivity index (χ2v) is 10.5. The molecule has 0 saturated carbocycles. The highest BCUT2D eigenvalue weighted by molar-refractivity contribution is 7.25. The minimum Gasteiger partial charge on any atom is -0.135 e. The van der Waals surface area contributed by atoms with E-state index in [1.807, 2.05) is 11.3 Å². The van der Waals surface area contributed by atoms with Crippen molar-refractivity contribution in [3.05, 3.63) is 144 Å². The molecule has 0 saturated heterocycles. The first-order chi connectivity index (χ1) is 17.8. The van der Waals surface area contributed by atoms with Gasteiger partial charge in [-0.3, -0.25) is 0 Å². The molecule has 7 rings (SSSR count). The van der Waals surface area contributed by atoms with Crippen molar-refractivity contribution in [3.8, 4) is 0 Å². The van der Waals surface area contributed by atoms with Gasteiger partial charge in [0, 0.05) is 20.2 Å². The predicted molar refractivity (Wildman–Crippen MR) is 159 cm³/mol. The molecule has 0 fully saturated rings. The quantitative estimate of drug-likeness (QED) is 0.222. The van der Waals surface area contributed by atoms with Gasteiger partial charge in [0.25, 0.3) is 0 Å². The van der Waals surface area contributed by atoms with Crippen molar-refractivity contribution >= 4 is 64.7 Å². The summed E-state index contributed by atoms with van der Waals surface area (Å²) in [5.74, 6) is 0. The van der Waals surface area contributed by atoms with E-state index in [4.69, 9.17) is 0 Å². The molecule has 0 aliphatic rings. The van der Waals surface area contributed by atoms with E-state index >= 15 is 0 Å². The highest BCUT2D eigenvalue weighted by Gasteiger charge is 2.10. The smallest absolute Gasteiger partial charge is 0.0355 e. The molecule has 0 spiro atoms. The topological polar surface area (TPSA) is 0 Å². The average molecular weight is 477 g/mol. The van der Waals surface area contributed by atoms with E-state index in [1.165, 1.54) is 64.0 Å². The second kappa shape index (κ2) is 8.78. The lowest BCUT2D eigenvalue weighted by Crippen LogP contribution is -1.92. The van der Waals surface area contributed by atoms with Crippen LogP contribution in [0.2, 0.25) is 0 Å². The van der Waals surface area contributed by atoms with Gasteiger partial charge in [-0.25, -0.2) is 0 Å². The molecule has 36 heavy (non-hydrogen) atoms. The Balaban J connectivity index is 1.36. The lowest BCUT2D eigenvalue weighted by molar-refractivity contribution is 1.30. The van der Waals surface area contributed by atoms with Crippen LogP contribution in [0.1, 0.15) is 16.7 Å². The van der Waals surface area contributed by atoms with E-state index in [0.717, 1.165) is 6.42 Å². The van der Waals surface area contributed by atoms with Crippen molar-refractivity contribution in [2.45, 2.75) is 6.42 Å². The maximum Gasteiger partial charge on any atom is 0.0355 e. The lowest BCUT2D eigenvalue weighted by Gasteiger charge is -2.11. The molecule has 1 heterocycles. The van der Waals surface area contributed by atoms with Crippen LogP contribution in [0.25, 0.3) is 53.4 Å². The van der Waals surface area contributed by atoms with Gasteiger partial charge < -0.3 is 0 Å². The molecule has 1 aromatic heterocycles. The van der Waals surface area contributed by atoms with Crippen LogP contribution < -0.4 is 0 Å². The van der Waals surface area contributed by atoms with Crippen molar-refractivity contribution in [2.75, 3.05) is 0 Å². The fraction of sp³-hybridized carbons (Fsp3) is 0.0286. The van der Waals surface area contributed by atoms with Gasteiger partial charge in [0.15, 0.2) is 0 Å². The number of hydrogen-bond donors (Lipinski definition) is 0. The van der Waals surface area contributed by atoms with Gasteiger partial charge in [0.05, 0.1) is 0 Å². The summed E-state index contributed by atoms with van der Waals surface area (Å²) in [6, 6.07) is 46.5. The van der Waals surface area contributed by atoms with Crippen LogP contribution in [0.3, 0.4) is 0 Å². The first kappa shape index (κ1) is 21.1. The predicted octanol–water partition coefficient (Wildman–Crippen LogP) is 10.1. The van der Waals surface area contributed by atoms with Gasteiger partial charge in [0.1, 0.15) is 0 Å². The molecule has 6 aromatic carbocycles. The molecule has 0 radical (unpaired) electrons.